The molecule has 1 amide bonds. The predicted octanol–water partition coefficient (Wildman–Crippen LogP) is 5.10. The molecule has 0 aliphatic rings. The van der Waals surface area contributed by atoms with Crippen molar-refractivity contribution in [3.05, 3.63) is 89.5 Å². The van der Waals surface area contributed by atoms with Crippen LogP contribution < -0.4 is 9.47 Å². The largest absolute Gasteiger partial charge is 0.497 e. The molecule has 164 valence electrons. The van der Waals surface area contributed by atoms with Gasteiger partial charge in [0.2, 0.25) is 0 Å². The third-order valence-corrected chi connectivity index (χ3v) is 5.10. The normalized spacial score (nSPS) is 10.7. The molecule has 0 unspecified atom stereocenters. The molecule has 0 N–H and O–H groups in total. The molecule has 0 spiro atoms. The van der Waals surface area contributed by atoms with Gasteiger partial charge in [0.05, 0.1) is 39.1 Å². The van der Waals surface area contributed by atoms with Crippen LogP contribution in [0.2, 0.25) is 0 Å². The van der Waals surface area contributed by atoms with E-state index in [2.05, 4.69) is 5.16 Å². The van der Waals surface area contributed by atoms with E-state index in [-0.39, 0.29) is 12.5 Å². The van der Waals surface area contributed by atoms with Gasteiger partial charge in [-0.15, -0.1) is 0 Å². The standard InChI is InChI=1S/C25H24N2O5/c1-17-6-8-18(9-7-17)25(28)27(16-21-5-4-12-31-21)15-19-13-24(32-26-19)22-11-10-20(29-2)14-23(22)30-3/h4-14H,15-16H2,1-3H3. The molecule has 32 heavy (non-hydrogen) atoms. The van der Waals surface area contributed by atoms with E-state index in [1.165, 1.54) is 0 Å². The average Bonchev–Trinajstić information content (AvgIpc) is 3.50. The lowest BCUT2D eigenvalue weighted by molar-refractivity contribution is 0.0713. The van der Waals surface area contributed by atoms with Crippen molar-refractivity contribution >= 4 is 5.91 Å². The highest BCUT2D eigenvalue weighted by Gasteiger charge is 2.21. The van der Waals surface area contributed by atoms with Gasteiger partial charge in [-0.2, -0.15) is 0 Å². The first-order chi connectivity index (χ1) is 15.6. The van der Waals surface area contributed by atoms with E-state index in [0.717, 1.165) is 11.1 Å². The molecule has 7 heteroatoms. The van der Waals surface area contributed by atoms with Crippen molar-refractivity contribution in [2.75, 3.05) is 14.2 Å². The molecule has 2 aromatic heterocycles. The molecule has 4 aromatic rings. The van der Waals surface area contributed by atoms with Gasteiger partial charge in [0.25, 0.3) is 5.91 Å². The molecule has 7 nitrogen and oxygen atoms in total. The minimum Gasteiger partial charge on any atom is -0.497 e. The summed E-state index contributed by atoms with van der Waals surface area (Å²) in [5.41, 5.74) is 3.05. The van der Waals surface area contributed by atoms with Crippen LogP contribution in [0.15, 0.2) is 75.9 Å². The number of methoxy groups -OCH3 is 2. The molecule has 4 rings (SSSR count). The number of amides is 1. The van der Waals surface area contributed by atoms with Crippen molar-refractivity contribution < 1.29 is 23.2 Å². The van der Waals surface area contributed by atoms with Crippen LogP contribution in [-0.2, 0) is 13.1 Å². The van der Waals surface area contributed by atoms with E-state index in [4.69, 9.17) is 18.4 Å². The first kappa shape index (κ1) is 21.2. The lowest BCUT2D eigenvalue weighted by Crippen LogP contribution is -2.30. The predicted molar refractivity (Wildman–Crippen MR) is 119 cm³/mol. The summed E-state index contributed by atoms with van der Waals surface area (Å²) >= 11 is 0. The minimum atomic E-state index is -0.118. The number of benzene rings is 2. The van der Waals surface area contributed by atoms with Gasteiger partial charge in [-0.1, -0.05) is 22.9 Å². The fourth-order valence-corrected chi connectivity index (χ4v) is 3.38. The van der Waals surface area contributed by atoms with E-state index < -0.39 is 0 Å². The van der Waals surface area contributed by atoms with Crippen molar-refractivity contribution in [2.45, 2.75) is 20.0 Å². The summed E-state index contributed by atoms with van der Waals surface area (Å²) in [5, 5.41) is 4.18. The van der Waals surface area contributed by atoms with Gasteiger partial charge in [0, 0.05) is 17.7 Å². The van der Waals surface area contributed by atoms with Gasteiger partial charge in [-0.25, -0.2) is 0 Å². The highest BCUT2D eigenvalue weighted by Crippen LogP contribution is 2.33. The summed E-state index contributed by atoms with van der Waals surface area (Å²) in [5.74, 6) is 2.40. The van der Waals surface area contributed by atoms with Gasteiger partial charge in [0.1, 0.15) is 23.0 Å². The molecule has 2 aromatic carbocycles. The Balaban J connectivity index is 1.60. The first-order valence-corrected chi connectivity index (χ1v) is 10.1. The molecule has 2 heterocycles. The second-order valence-corrected chi connectivity index (χ2v) is 7.36. The number of rotatable bonds is 8. The number of hydrogen-bond donors (Lipinski definition) is 0. The zero-order valence-electron chi connectivity index (χ0n) is 18.2. The summed E-state index contributed by atoms with van der Waals surface area (Å²) in [4.78, 5) is 14.9. The summed E-state index contributed by atoms with van der Waals surface area (Å²) in [6, 6.07) is 18.4. The minimum absolute atomic E-state index is 0.118. The van der Waals surface area contributed by atoms with E-state index in [0.29, 0.717) is 40.8 Å². The molecule has 0 aliphatic heterocycles. The second kappa shape index (κ2) is 9.43. The second-order valence-electron chi connectivity index (χ2n) is 7.36. The highest BCUT2D eigenvalue weighted by atomic mass is 16.5. The maximum Gasteiger partial charge on any atom is 0.254 e. The van der Waals surface area contributed by atoms with Crippen LogP contribution in [0.1, 0.15) is 27.4 Å². The molecule has 0 fully saturated rings. The number of furan rings is 1. The zero-order valence-corrected chi connectivity index (χ0v) is 18.2. The van der Waals surface area contributed by atoms with Crippen molar-refractivity contribution in [3.8, 4) is 22.8 Å². The maximum absolute atomic E-state index is 13.2. The number of aromatic nitrogens is 1. The van der Waals surface area contributed by atoms with Gasteiger partial charge >= 0.3 is 0 Å². The lowest BCUT2D eigenvalue weighted by atomic mass is 10.1. The Bertz CT molecular complexity index is 1180. The van der Waals surface area contributed by atoms with Crippen LogP contribution in [0.4, 0.5) is 0 Å². The summed E-state index contributed by atoms with van der Waals surface area (Å²) in [6.07, 6.45) is 1.59. The van der Waals surface area contributed by atoms with Crippen molar-refractivity contribution in [2.24, 2.45) is 0 Å². The van der Waals surface area contributed by atoms with Crippen molar-refractivity contribution in [1.29, 1.82) is 0 Å². The van der Waals surface area contributed by atoms with Crippen LogP contribution in [0.5, 0.6) is 11.5 Å². The number of ether oxygens (including phenoxy) is 2. The van der Waals surface area contributed by atoms with Gasteiger partial charge in [0.15, 0.2) is 5.76 Å². The Morgan fingerprint density at radius 1 is 1.00 bits per heavy atom. The number of carbonyl (C=O) groups excluding carboxylic acids is 1. The summed E-state index contributed by atoms with van der Waals surface area (Å²) in [7, 11) is 3.18. The molecule has 0 saturated heterocycles. The first-order valence-electron chi connectivity index (χ1n) is 10.1. The molecule has 0 bridgehead atoms. The quantitative estimate of drug-likeness (QED) is 0.385. The van der Waals surface area contributed by atoms with E-state index in [1.54, 1.807) is 37.5 Å². The molecule has 0 aliphatic carbocycles. The smallest absolute Gasteiger partial charge is 0.254 e. The molecular weight excluding hydrogens is 408 g/mol. The Hall–Kier alpha value is -4.00. The molecule has 0 radical (unpaired) electrons. The van der Waals surface area contributed by atoms with Gasteiger partial charge < -0.3 is 23.3 Å². The highest BCUT2D eigenvalue weighted by molar-refractivity contribution is 5.94. The Kier molecular flexibility index (Phi) is 6.26. The number of hydrogen-bond acceptors (Lipinski definition) is 6. The van der Waals surface area contributed by atoms with E-state index in [9.17, 15) is 4.79 Å². The fraction of sp³-hybridized carbons (Fsp3) is 0.200. The monoisotopic (exact) mass is 432 g/mol. The maximum atomic E-state index is 13.2. The average molecular weight is 432 g/mol. The zero-order chi connectivity index (χ0) is 22.5. The number of carbonyl (C=O) groups is 1. The SMILES string of the molecule is COc1ccc(-c2cc(CN(Cc3ccco3)C(=O)c3ccc(C)cc3)no2)c(OC)c1. The molecular formula is C25H24N2O5. The third-order valence-electron chi connectivity index (χ3n) is 5.10. The third kappa shape index (κ3) is 4.67. The molecule has 0 saturated carbocycles. The Morgan fingerprint density at radius 3 is 2.50 bits per heavy atom. The lowest BCUT2D eigenvalue weighted by Gasteiger charge is -2.20. The van der Waals surface area contributed by atoms with Crippen LogP contribution >= 0.6 is 0 Å². The van der Waals surface area contributed by atoms with E-state index >= 15 is 0 Å². The number of nitrogens with zero attached hydrogens (tertiary/aromatic N) is 2. The fourth-order valence-electron chi connectivity index (χ4n) is 3.38. The topological polar surface area (TPSA) is 77.9 Å². The number of aryl methyl sites for hydroxylation is 1. The summed E-state index contributed by atoms with van der Waals surface area (Å²) < 4.78 is 21.8. The molecule has 0 atom stereocenters. The van der Waals surface area contributed by atoms with Gasteiger partial charge in [-0.3, -0.25) is 4.79 Å². The summed E-state index contributed by atoms with van der Waals surface area (Å²) in [6.45, 7) is 2.56. The van der Waals surface area contributed by atoms with Crippen LogP contribution in [-0.4, -0.2) is 30.2 Å². The van der Waals surface area contributed by atoms with Crippen molar-refractivity contribution in [3.63, 3.8) is 0 Å². The Labute approximate surface area is 186 Å². The van der Waals surface area contributed by atoms with E-state index in [1.807, 2.05) is 55.5 Å². The Morgan fingerprint density at radius 2 is 1.81 bits per heavy atom. The van der Waals surface area contributed by atoms with Crippen LogP contribution in [0.3, 0.4) is 0 Å². The van der Waals surface area contributed by atoms with Crippen LogP contribution in [0, 0.1) is 6.92 Å². The van der Waals surface area contributed by atoms with Crippen LogP contribution in [0.25, 0.3) is 11.3 Å². The van der Waals surface area contributed by atoms with Crippen molar-refractivity contribution in [1.82, 2.24) is 10.1 Å². The van der Waals surface area contributed by atoms with Gasteiger partial charge in [-0.05, 0) is 43.3 Å².